The van der Waals surface area contributed by atoms with Crippen LogP contribution < -0.4 is 5.32 Å². The SMILES string of the molecule is CN(CC(=O)NC1CC1)C(=O)c1ccc([N+](=O)[O-])c(Cl)c1. The minimum atomic E-state index is -0.622. The summed E-state index contributed by atoms with van der Waals surface area (Å²) < 4.78 is 0. The highest BCUT2D eigenvalue weighted by Gasteiger charge is 2.25. The number of carbonyl (C=O) groups excluding carboxylic acids is 2. The molecule has 2 rings (SSSR count). The number of nitro benzene ring substituents is 1. The molecule has 0 unspecified atom stereocenters. The van der Waals surface area contributed by atoms with Crippen molar-refractivity contribution >= 4 is 29.1 Å². The zero-order valence-electron chi connectivity index (χ0n) is 11.3. The zero-order chi connectivity index (χ0) is 15.6. The lowest BCUT2D eigenvalue weighted by molar-refractivity contribution is -0.384. The van der Waals surface area contributed by atoms with Crippen molar-refractivity contribution in [1.29, 1.82) is 0 Å². The maximum atomic E-state index is 12.1. The summed E-state index contributed by atoms with van der Waals surface area (Å²) in [5, 5.41) is 13.3. The Bertz CT molecular complexity index is 601. The molecule has 8 heteroatoms. The van der Waals surface area contributed by atoms with Crippen LogP contribution in [0.5, 0.6) is 0 Å². The van der Waals surface area contributed by atoms with E-state index in [2.05, 4.69) is 5.32 Å². The van der Waals surface area contributed by atoms with Crippen molar-refractivity contribution in [2.24, 2.45) is 0 Å². The molecule has 0 aromatic heterocycles. The molecule has 21 heavy (non-hydrogen) atoms. The van der Waals surface area contributed by atoms with Gasteiger partial charge in [-0.1, -0.05) is 11.6 Å². The van der Waals surface area contributed by atoms with Crippen LogP contribution in [0, 0.1) is 10.1 Å². The van der Waals surface area contributed by atoms with Gasteiger partial charge in [0.25, 0.3) is 11.6 Å². The first-order chi connectivity index (χ1) is 9.88. The molecule has 112 valence electrons. The molecule has 7 nitrogen and oxygen atoms in total. The molecule has 1 aliphatic rings. The summed E-state index contributed by atoms with van der Waals surface area (Å²) in [4.78, 5) is 35.0. The van der Waals surface area contributed by atoms with E-state index in [4.69, 9.17) is 11.6 Å². The number of amides is 2. The molecule has 0 radical (unpaired) electrons. The number of hydrogen-bond acceptors (Lipinski definition) is 4. The number of halogens is 1. The number of nitrogens with zero attached hydrogens (tertiary/aromatic N) is 2. The van der Waals surface area contributed by atoms with Crippen LogP contribution in [-0.2, 0) is 4.79 Å². The number of nitro groups is 1. The Morgan fingerprint density at radius 3 is 2.67 bits per heavy atom. The van der Waals surface area contributed by atoms with Crippen molar-refractivity contribution in [3.63, 3.8) is 0 Å². The second-order valence-corrected chi connectivity index (χ2v) is 5.33. The molecular weight excluding hydrogens is 298 g/mol. The van der Waals surface area contributed by atoms with E-state index in [1.165, 1.54) is 30.1 Å². The monoisotopic (exact) mass is 311 g/mol. The number of benzene rings is 1. The molecule has 1 aliphatic carbocycles. The third-order valence-corrected chi connectivity index (χ3v) is 3.36. The van der Waals surface area contributed by atoms with Gasteiger partial charge in [-0.25, -0.2) is 0 Å². The Balaban J connectivity index is 2.02. The molecule has 1 fully saturated rings. The van der Waals surface area contributed by atoms with Crippen molar-refractivity contribution in [3.8, 4) is 0 Å². The highest BCUT2D eigenvalue weighted by atomic mass is 35.5. The average Bonchev–Trinajstić information content (AvgIpc) is 3.20. The van der Waals surface area contributed by atoms with Gasteiger partial charge in [-0.05, 0) is 25.0 Å². The lowest BCUT2D eigenvalue weighted by Gasteiger charge is -2.16. The number of nitrogens with one attached hydrogen (secondary N) is 1. The van der Waals surface area contributed by atoms with Crippen LogP contribution in [0.25, 0.3) is 0 Å². The molecule has 0 aliphatic heterocycles. The van der Waals surface area contributed by atoms with E-state index in [0.29, 0.717) is 0 Å². The van der Waals surface area contributed by atoms with Crippen LogP contribution in [0.3, 0.4) is 0 Å². The van der Waals surface area contributed by atoms with E-state index in [1.807, 2.05) is 0 Å². The average molecular weight is 312 g/mol. The number of rotatable bonds is 5. The highest BCUT2D eigenvalue weighted by molar-refractivity contribution is 6.33. The predicted molar refractivity (Wildman–Crippen MR) is 76.2 cm³/mol. The van der Waals surface area contributed by atoms with Gasteiger partial charge in [-0.15, -0.1) is 0 Å². The minimum Gasteiger partial charge on any atom is -0.352 e. The molecule has 1 aromatic rings. The number of carbonyl (C=O) groups is 2. The van der Waals surface area contributed by atoms with E-state index in [9.17, 15) is 19.7 Å². The van der Waals surface area contributed by atoms with Gasteiger partial charge in [0.05, 0.1) is 11.5 Å². The van der Waals surface area contributed by atoms with Crippen LogP contribution in [0.4, 0.5) is 5.69 Å². The van der Waals surface area contributed by atoms with Gasteiger partial charge in [-0.2, -0.15) is 0 Å². The lowest BCUT2D eigenvalue weighted by Crippen LogP contribution is -2.39. The predicted octanol–water partition coefficient (Wildman–Crippen LogP) is 1.60. The molecule has 0 bridgehead atoms. The third kappa shape index (κ3) is 3.91. The first kappa shape index (κ1) is 15.2. The third-order valence-electron chi connectivity index (χ3n) is 3.06. The van der Waals surface area contributed by atoms with Crippen LogP contribution in [0.2, 0.25) is 5.02 Å². The molecule has 1 aromatic carbocycles. The Morgan fingerprint density at radius 1 is 1.48 bits per heavy atom. The van der Waals surface area contributed by atoms with Crippen molar-refractivity contribution in [2.75, 3.05) is 13.6 Å². The van der Waals surface area contributed by atoms with Gasteiger partial charge < -0.3 is 10.2 Å². The van der Waals surface area contributed by atoms with Crippen LogP contribution >= 0.6 is 11.6 Å². The van der Waals surface area contributed by atoms with E-state index >= 15 is 0 Å². The lowest BCUT2D eigenvalue weighted by atomic mass is 10.2. The largest absolute Gasteiger partial charge is 0.352 e. The first-order valence-electron chi connectivity index (χ1n) is 6.37. The summed E-state index contributed by atoms with van der Waals surface area (Å²) in [6, 6.07) is 3.96. The van der Waals surface area contributed by atoms with Gasteiger partial charge in [0.2, 0.25) is 5.91 Å². The number of hydrogen-bond donors (Lipinski definition) is 1. The minimum absolute atomic E-state index is 0.0655. The fourth-order valence-corrected chi connectivity index (χ4v) is 2.05. The summed E-state index contributed by atoms with van der Waals surface area (Å²) >= 11 is 5.76. The van der Waals surface area contributed by atoms with E-state index in [1.54, 1.807) is 0 Å². The van der Waals surface area contributed by atoms with Gasteiger partial charge >= 0.3 is 0 Å². The fraction of sp³-hybridized carbons (Fsp3) is 0.385. The normalized spacial score (nSPS) is 13.6. The standard InChI is InChI=1S/C13H14ClN3O4/c1-16(7-12(18)15-9-3-4-9)13(19)8-2-5-11(17(20)21)10(14)6-8/h2,5-6,9H,3-4,7H2,1H3,(H,15,18). The maximum absolute atomic E-state index is 12.1. The highest BCUT2D eigenvalue weighted by Crippen LogP contribution is 2.25. The molecule has 0 heterocycles. The Hall–Kier alpha value is -2.15. The summed E-state index contributed by atoms with van der Waals surface area (Å²) in [6.07, 6.45) is 1.95. The smallest absolute Gasteiger partial charge is 0.287 e. The molecular formula is C13H14ClN3O4. The Morgan fingerprint density at radius 2 is 2.14 bits per heavy atom. The van der Waals surface area contributed by atoms with E-state index in [-0.39, 0.29) is 34.8 Å². The molecule has 2 amide bonds. The molecule has 0 atom stereocenters. The molecule has 0 spiro atoms. The zero-order valence-corrected chi connectivity index (χ0v) is 12.1. The van der Waals surface area contributed by atoms with Crippen LogP contribution in [-0.4, -0.2) is 41.3 Å². The molecule has 0 saturated heterocycles. The van der Waals surface area contributed by atoms with Gasteiger partial charge in [0, 0.05) is 24.7 Å². The summed E-state index contributed by atoms with van der Waals surface area (Å²) in [5.41, 5.74) is -0.0605. The van der Waals surface area contributed by atoms with Crippen LogP contribution in [0.15, 0.2) is 18.2 Å². The van der Waals surface area contributed by atoms with Crippen molar-refractivity contribution < 1.29 is 14.5 Å². The maximum Gasteiger partial charge on any atom is 0.287 e. The van der Waals surface area contributed by atoms with Gasteiger partial charge in [0.1, 0.15) is 5.02 Å². The van der Waals surface area contributed by atoms with Crippen molar-refractivity contribution in [1.82, 2.24) is 10.2 Å². The molecule has 1 N–H and O–H groups in total. The summed E-state index contributed by atoms with van der Waals surface area (Å²) in [6.45, 7) is -0.0655. The van der Waals surface area contributed by atoms with Crippen molar-refractivity contribution in [3.05, 3.63) is 38.9 Å². The quantitative estimate of drug-likeness (QED) is 0.660. The van der Waals surface area contributed by atoms with Crippen LogP contribution in [0.1, 0.15) is 23.2 Å². The van der Waals surface area contributed by atoms with Crippen molar-refractivity contribution in [2.45, 2.75) is 18.9 Å². The number of likely N-dealkylation sites (N-methyl/N-ethyl adjacent to an activating group) is 1. The Labute approximate surface area is 126 Å². The second-order valence-electron chi connectivity index (χ2n) is 4.93. The summed E-state index contributed by atoms with van der Waals surface area (Å²) in [5.74, 6) is -0.640. The van der Waals surface area contributed by atoms with E-state index in [0.717, 1.165) is 12.8 Å². The summed E-state index contributed by atoms with van der Waals surface area (Å²) in [7, 11) is 1.49. The fourth-order valence-electron chi connectivity index (χ4n) is 1.80. The Kier molecular flexibility index (Phi) is 4.42. The topological polar surface area (TPSA) is 92.6 Å². The second kappa shape index (κ2) is 6.09. The first-order valence-corrected chi connectivity index (χ1v) is 6.75. The van der Waals surface area contributed by atoms with Gasteiger partial charge in [-0.3, -0.25) is 19.7 Å². The molecule has 1 saturated carbocycles. The van der Waals surface area contributed by atoms with Gasteiger partial charge in [0.15, 0.2) is 0 Å². The van der Waals surface area contributed by atoms with E-state index < -0.39 is 10.8 Å².